The molecule has 6 nitrogen and oxygen atoms in total. The zero-order valence-electron chi connectivity index (χ0n) is 20.2. The maximum atomic E-state index is 13.2. The Kier molecular flexibility index (Phi) is 6.70. The predicted octanol–water partition coefficient (Wildman–Crippen LogP) is 7.01. The summed E-state index contributed by atoms with van der Waals surface area (Å²) < 4.78 is 2.07. The maximum absolute atomic E-state index is 13.2. The lowest BCUT2D eigenvalue weighted by Crippen LogP contribution is -2.49. The highest BCUT2D eigenvalue weighted by Gasteiger charge is 2.27. The number of nitrogens with zero attached hydrogens (tertiary/aromatic N) is 5. The number of piperazine rings is 1. The van der Waals surface area contributed by atoms with Crippen molar-refractivity contribution in [3.8, 4) is 16.8 Å². The lowest BCUT2D eigenvalue weighted by atomic mass is 10.1. The number of carbonyl (C=O) groups excluding carboxylic acids is 1. The first-order valence-corrected chi connectivity index (χ1v) is 13.3. The third kappa shape index (κ3) is 4.60. The minimum atomic E-state index is -0.0991. The quantitative estimate of drug-likeness (QED) is 0.236. The van der Waals surface area contributed by atoms with Crippen LogP contribution in [0.2, 0.25) is 15.1 Å². The van der Waals surface area contributed by atoms with E-state index in [1.54, 1.807) is 24.5 Å². The molecule has 1 aliphatic heterocycles. The zero-order valence-corrected chi connectivity index (χ0v) is 22.5. The first kappa shape index (κ1) is 24.7. The summed E-state index contributed by atoms with van der Waals surface area (Å²) >= 11 is 18.5. The van der Waals surface area contributed by atoms with Crippen LogP contribution in [0.5, 0.6) is 0 Å². The predicted molar refractivity (Wildman–Crippen MR) is 154 cm³/mol. The number of aromatic nitrogens is 3. The second-order valence-electron chi connectivity index (χ2n) is 9.05. The molecule has 0 atom stereocenters. The number of carbonyl (C=O) groups is 1. The van der Waals surface area contributed by atoms with Gasteiger partial charge >= 0.3 is 0 Å². The van der Waals surface area contributed by atoms with Gasteiger partial charge in [0.2, 0.25) is 0 Å². The van der Waals surface area contributed by atoms with Gasteiger partial charge in [0, 0.05) is 53.7 Å². The van der Waals surface area contributed by atoms with E-state index >= 15 is 0 Å². The molecule has 2 aromatic heterocycles. The molecule has 38 heavy (non-hydrogen) atoms. The molecule has 190 valence electrons. The van der Waals surface area contributed by atoms with Crippen molar-refractivity contribution in [1.29, 1.82) is 0 Å². The van der Waals surface area contributed by atoms with Gasteiger partial charge in [0.1, 0.15) is 12.1 Å². The van der Waals surface area contributed by atoms with E-state index in [-0.39, 0.29) is 5.91 Å². The Morgan fingerprint density at radius 2 is 1.50 bits per heavy atom. The number of amides is 1. The number of fused-ring (bicyclic) bond motifs is 1. The Labute approximate surface area is 235 Å². The molecule has 1 saturated heterocycles. The van der Waals surface area contributed by atoms with Crippen LogP contribution in [0.3, 0.4) is 0 Å². The molecule has 0 saturated carbocycles. The summed E-state index contributed by atoms with van der Waals surface area (Å²) in [6, 6.07) is 22.9. The van der Waals surface area contributed by atoms with E-state index in [0.717, 1.165) is 33.7 Å². The second-order valence-corrected chi connectivity index (χ2v) is 10.3. The molecule has 1 aliphatic rings. The number of benzene rings is 3. The SMILES string of the molecule is O=C(c1ccc(Cl)cc1Cl)N1CCN(c2ncnc3c2c(-c2ccccc2)cn3-c2ccc(Cl)cc2)CC1. The molecule has 0 bridgehead atoms. The second kappa shape index (κ2) is 10.3. The lowest BCUT2D eigenvalue weighted by Gasteiger charge is -2.36. The van der Waals surface area contributed by atoms with Crippen LogP contribution < -0.4 is 4.90 Å². The molecule has 5 aromatic rings. The summed E-state index contributed by atoms with van der Waals surface area (Å²) in [7, 11) is 0. The van der Waals surface area contributed by atoms with Gasteiger partial charge in [-0.2, -0.15) is 0 Å². The van der Waals surface area contributed by atoms with Crippen LogP contribution in [0.15, 0.2) is 85.3 Å². The lowest BCUT2D eigenvalue weighted by molar-refractivity contribution is 0.0747. The Morgan fingerprint density at radius 1 is 0.789 bits per heavy atom. The van der Waals surface area contributed by atoms with Gasteiger partial charge in [0.05, 0.1) is 16.0 Å². The van der Waals surface area contributed by atoms with E-state index < -0.39 is 0 Å². The molecule has 3 heterocycles. The first-order valence-electron chi connectivity index (χ1n) is 12.2. The fraction of sp³-hybridized carbons (Fsp3) is 0.138. The topological polar surface area (TPSA) is 54.3 Å². The Balaban J connectivity index is 1.36. The van der Waals surface area contributed by atoms with Gasteiger partial charge in [-0.15, -0.1) is 0 Å². The van der Waals surface area contributed by atoms with Gasteiger partial charge in [-0.3, -0.25) is 4.79 Å². The molecule has 3 aromatic carbocycles. The molecule has 1 amide bonds. The van der Waals surface area contributed by atoms with E-state index in [1.807, 2.05) is 47.4 Å². The third-order valence-corrected chi connectivity index (χ3v) is 7.58. The van der Waals surface area contributed by atoms with Crippen molar-refractivity contribution in [3.05, 3.63) is 106 Å². The van der Waals surface area contributed by atoms with Crippen LogP contribution in [-0.4, -0.2) is 51.5 Å². The molecule has 6 rings (SSSR count). The summed E-state index contributed by atoms with van der Waals surface area (Å²) in [5.41, 5.74) is 4.34. The Hall–Kier alpha value is -3.58. The highest BCUT2D eigenvalue weighted by Crippen LogP contribution is 2.37. The fourth-order valence-electron chi connectivity index (χ4n) is 4.88. The van der Waals surface area contributed by atoms with Gasteiger partial charge in [-0.05, 0) is 48.0 Å². The van der Waals surface area contributed by atoms with Gasteiger partial charge in [0.25, 0.3) is 5.91 Å². The summed E-state index contributed by atoms with van der Waals surface area (Å²) in [6.07, 6.45) is 3.70. The van der Waals surface area contributed by atoms with Crippen molar-refractivity contribution in [3.63, 3.8) is 0 Å². The molecule has 0 N–H and O–H groups in total. The van der Waals surface area contributed by atoms with E-state index in [2.05, 4.69) is 32.8 Å². The van der Waals surface area contributed by atoms with Gasteiger partial charge in [-0.1, -0.05) is 65.1 Å². The molecule has 0 radical (unpaired) electrons. The van der Waals surface area contributed by atoms with Gasteiger partial charge < -0.3 is 14.4 Å². The number of rotatable bonds is 4. The minimum Gasteiger partial charge on any atom is -0.352 e. The average Bonchev–Trinajstić information content (AvgIpc) is 3.34. The molecular formula is C29H22Cl3N5O. The van der Waals surface area contributed by atoms with Crippen LogP contribution >= 0.6 is 34.8 Å². The molecule has 0 unspecified atom stereocenters. The van der Waals surface area contributed by atoms with Gasteiger partial charge in [-0.25, -0.2) is 9.97 Å². The molecular weight excluding hydrogens is 541 g/mol. The summed E-state index contributed by atoms with van der Waals surface area (Å²) in [5.74, 6) is 0.746. The summed E-state index contributed by atoms with van der Waals surface area (Å²) in [6.45, 7) is 2.34. The number of hydrogen-bond donors (Lipinski definition) is 0. The van der Waals surface area contributed by atoms with E-state index in [4.69, 9.17) is 39.8 Å². The fourth-order valence-corrected chi connectivity index (χ4v) is 5.49. The first-order chi connectivity index (χ1) is 18.5. The normalized spacial score (nSPS) is 13.8. The standard InChI is InChI=1S/C29H22Cl3N5O/c30-20-6-9-22(10-7-20)37-17-24(19-4-2-1-3-5-19)26-27(33-18-34-28(26)37)35-12-14-36(15-13-35)29(38)23-11-8-21(31)16-25(23)32/h1-11,16-18H,12-15H2. The van der Waals surface area contributed by atoms with Crippen LogP contribution in [0, 0.1) is 0 Å². The number of anilines is 1. The van der Waals surface area contributed by atoms with Crippen molar-refractivity contribution in [2.75, 3.05) is 31.1 Å². The molecule has 0 aliphatic carbocycles. The summed E-state index contributed by atoms with van der Waals surface area (Å²) in [5, 5.41) is 2.51. The molecule has 0 spiro atoms. The average molecular weight is 563 g/mol. The highest BCUT2D eigenvalue weighted by atomic mass is 35.5. The monoisotopic (exact) mass is 561 g/mol. The van der Waals surface area contributed by atoms with Gasteiger partial charge in [0.15, 0.2) is 5.65 Å². The number of halogens is 3. The Bertz CT molecular complexity index is 1630. The number of hydrogen-bond acceptors (Lipinski definition) is 4. The van der Waals surface area contributed by atoms with Crippen molar-refractivity contribution >= 4 is 57.6 Å². The van der Waals surface area contributed by atoms with E-state index in [0.29, 0.717) is 46.8 Å². The van der Waals surface area contributed by atoms with Crippen LogP contribution in [0.1, 0.15) is 10.4 Å². The molecule has 9 heteroatoms. The summed E-state index contributed by atoms with van der Waals surface area (Å²) in [4.78, 5) is 26.6. The maximum Gasteiger partial charge on any atom is 0.255 e. The minimum absolute atomic E-state index is 0.0991. The van der Waals surface area contributed by atoms with Crippen molar-refractivity contribution < 1.29 is 4.79 Å². The molecule has 1 fully saturated rings. The largest absolute Gasteiger partial charge is 0.352 e. The smallest absolute Gasteiger partial charge is 0.255 e. The zero-order chi connectivity index (χ0) is 26.2. The van der Waals surface area contributed by atoms with Crippen molar-refractivity contribution in [2.24, 2.45) is 0 Å². The van der Waals surface area contributed by atoms with Crippen LogP contribution in [0.25, 0.3) is 27.8 Å². The van der Waals surface area contributed by atoms with Crippen LogP contribution in [0.4, 0.5) is 5.82 Å². The Morgan fingerprint density at radius 3 is 2.21 bits per heavy atom. The van der Waals surface area contributed by atoms with Crippen LogP contribution in [-0.2, 0) is 0 Å². The van der Waals surface area contributed by atoms with E-state index in [9.17, 15) is 4.79 Å². The van der Waals surface area contributed by atoms with Crippen molar-refractivity contribution in [1.82, 2.24) is 19.4 Å². The van der Waals surface area contributed by atoms with Crippen molar-refractivity contribution in [2.45, 2.75) is 0 Å². The van der Waals surface area contributed by atoms with E-state index in [1.165, 1.54) is 0 Å². The highest BCUT2D eigenvalue weighted by molar-refractivity contribution is 6.36. The third-order valence-electron chi connectivity index (χ3n) is 6.78.